The molecule has 1 aliphatic heterocycles. The van der Waals surface area contributed by atoms with E-state index < -0.39 is 0 Å². The van der Waals surface area contributed by atoms with Gasteiger partial charge in [0.15, 0.2) is 0 Å². The Bertz CT molecular complexity index is 657. The molecule has 0 radical (unpaired) electrons. The fourth-order valence-corrected chi connectivity index (χ4v) is 2.98. The summed E-state index contributed by atoms with van der Waals surface area (Å²) in [5.74, 6) is 1.38. The minimum absolute atomic E-state index is 0.0682. The van der Waals surface area contributed by atoms with Crippen molar-refractivity contribution in [2.45, 2.75) is 19.8 Å². The molecule has 4 heteroatoms. The molecule has 1 atom stereocenters. The number of carbonyl (C=O) groups excluding carboxylic acids is 1. The first kappa shape index (κ1) is 15.5. The van der Waals surface area contributed by atoms with Crippen LogP contribution in [-0.2, 0) is 0 Å². The second kappa shape index (κ2) is 7.27. The highest BCUT2D eigenvalue weighted by Crippen LogP contribution is 2.22. The Labute approximate surface area is 137 Å². The zero-order valence-electron chi connectivity index (χ0n) is 13.4. The van der Waals surface area contributed by atoms with E-state index in [0.717, 1.165) is 37.2 Å². The molecule has 1 aromatic heterocycles. The first-order valence-electron chi connectivity index (χ1n) is 8.12. The average Bonchev–Trinajstić information content (AvgIpc) is 2.61. The van der Waals surface area contributed by atoms with E-state index in [4.69, 9.17) is 4.74 Å². The lowest BCUT2D eigenvalue weighted by atomic mass is 9.98. The minimum Gasteiger partial charge on any atom is -0.493 e. The molecule has 4 nitrogen and oxygen atoms in total. The van der Waals surface area contributed by atoms with Crippen molar-refractivity contribution in [2.75, 3.05) is 19.7 Å². The molecule has 3 rings (SSSR count). The maximum atomic E-state index is 12.5. The maximum Gasteiger partial charge on any atom is 0.255 e. The molecule has 1 aliphatic rings. The van der Waals surface area contributed by atoms with Crippen molar-refractivity contribution < 1.29 is 9.53 Å². The molecule has 0 bridgehead atoms. The summed E-state index contributed by atoms with van der Waals surface area (Å²) in [5, 5.41) is 0. The van der Waals surface area contributed by atoms with Gasteiger partial charge in [0.1, 0.15) is 5.75 Å². The molecule has 2 heterocycles. The van der Waals surface area contributed by atoms with Gasteiger partial charge in [0.2, 0.25) is 0 Å². The van der Waals surface area contributed by atoms with Crippen molar-refractivity contribution in [1.82, 2.24) is 9.88 Å². The number of aromatic nitrogens is 1. The molecule has 1 unspecified atom stereocenters. The molecule has 0 saturated carbocycles. The van der Waals surface area contributed by atoms with Crippen LogP contribution < -0.4 is 4.74 Å². The molecule has 23 heavy (non-hydrogen) atoms. The number of para-hydroxylation sites is 1. The molecular weight excluding hydrogens is 288 g/mol. The number of hydrogen-bond acceptors (Lipinski definition) is 3. The minimum atomic E-state index is 0.0682. The Hall–Kier alpha value is -2.36. The quantitative estimate of drug-likeness (QED) is 0.870. The predicted octanol–water partition coefficient (Wildman–Crippen LogP) is 3.32. The van der Waals surface area contributed by atoms with Gasteiger partial charge in [-0.2, -0.15) is 0 Å². The highest BCUT2D eigenvalue weighted by Gasteiger charge is 2.25. The summed E-state index contributed by atoms with van der Waals surface area (Å²) >= 11 is 0. The Balaban J connectivity index is 1.58. The number of carbonyl (C=O) groups is 1. The second-order valence-electron chi connectivity index (χ2n) is 6.08. The zero-order chi connectivity index (χ0) is 16.1. The normalized spacial score (nSPS) is 17.8. The van der Waals surface area contributed by atoms with E-state index in [1.165, 1.54) is 0 Å². The van der Waals surface area contributed by atoms with E-state index in [-0.39, 0.29) is 5.91 Å². The van der Waals surface area contributed by atoms with E-state index in [1.807, 2.05) is 29.2 Å². The van der Waals surface area contributed by atoms with Crippen LogP contribution in [0, 0.1) is 12.8 Å². The second-order valence-corrected chi connectivity index (χ2v) is 6.08. The molecule has 0 aliphatic carbocycles. The van der Waals surface area contributed by atoms with E-state index in [0.29, 0.717) is 18.1 Å². The Morgan fingerprint density at radius 2 is 2.17 bits per heavy atom. The van der Waals surface area contributed by atoms with Crippen molar-refractivity contribution in [2.24, 2.45) is 5.92 Å². The largest absolute Gasteiger partial charge is 0.493 e. The molecular formula is C19H22N2O2. The summed E-state index contributed by atoms with van der Waals surface area (Å²) in [6, 6.07) is 11.7. The van der Waals surface area contributed by atoms with Crippen LogP contribution in [0.1, 0.15) is 28.8 Å². The SMILES string of the molecule is Cc1ccccc1OCC1CCCN(C(=O)c2cccnc2)C1. The van der Waals surface area contributed by atoms with Crippen molar-refractivity contribution in [1.29, 1.82) is 0 Å². The number of piperidine rings is 1. The van der Waals surface area contributed by atoms with Gasteiger partial charge in [0, 0.05) is 31.4 Å². The van der Waals surface area contributed by atoms with Crippen molar-refractivity contribution >= 4 is 5.91 Å². The van der Waals surface area contributed by atoms with Crippen LogP contribution >= 0.6 is 0 Å². The van der Waals surface area contributed by atoms with E-state index in [9.17, 15) is 4.79 Å². The first-order valence-corrected chi connectivity index (χ1v) is 8.12. The zero-order valence-corrected chi connectivity index (χ0v) is 13.4. The number of rotatable bonds is 4. The van der Waals surface area contributed by atoms with Crippen LogP contribution in [0.15, 0.2) is 48.8 Å². The van der Waals surface area contributed by atoms with Gasteiger partial charge in [-0.1, -0.05) is 18.2 Å². The fraction of sp³-hybridized carbons (Fsp3) is 0.368. The highest BCUT2D eigenvalue weighted by molar-refractivity contribution is 5.93. The van der Waals surface area contributed by atoms with E-state index >= 15 is 0 Å². The van der Waals surface area contributed by atoms with Crippen molar-refractivity contribution in [3.63, 3.8) is 0 Å². The van der Waals surface area contributed by atoms with Gasteiger partial charge in [-0.25, -0.2) is 0 Å². The lowest BCUT2D eigenvalue weighted by Crippen LogP contribution is -2.41. The Morgan fingerprint density at radius 3 is 2.96 bits per heavy atom. The summed E-state index contributed by atoms with van der Waals surface area (Å²) < 4.78 is 5.96. The van der Waals surface area contributed by atoms with Crippen LogP contribution in [-0.4, -0.2) is 35.5 Å². The lowest BCUT2D eigenvalue weighted by molar-refractivity contribution is 0.0632. The van der Waals surface area contributed by atoms with Gasteiger partial charge in [-0.15, -0.1) is 0 Å². The third kappa shape index (κ3) is 3.89. The molecule has 1 fully saturated rings. The molecule has 120 valence electrons. The summed E-state index contributed by atoms with van der Waals surface area (Å²) in [4.78, 5) is 18.5. The number of likely N-dealkylation sites (tertiary alicyclic amines) is 1. The summed E-state index contributed by atoms with van der Waals surface area (Å²) in [6.45, 7) is 4.27. The van der Waals surface area contributed by atoms with E-state index in [2.05, 4.69) is 18.0 Å². The van der Waals surface area contributed by atoms with Crippen LogP contribution in [0.2, 0.25) is 0 Å². The van der Waals surface area contributed by atoms with Gasteiger partial charge < -0.3 is 9.64 Å². The Morgan fingerprint density at radius 1 is 1.30 bits per heavy atom. The molecule has 0 N–H and O–H groups in total. The topological polar surface area (TPSA) is 42.4 Å². The maximum absolute atomic E-state index is 12.5. The van der Waals surface area contributed by atoms with Gasteiger partial charge >= 0.3 is 0 Å². The van der Waals surface area contributed by atoms with Crippen LogP contribution in [0.4, 0.5) is 0 Å². The standard InChI is InChI=1S/C19H22N2O2/c1-15-6-2-3-9-18(15)23-14-16-7-5-11-21(13-16)19(22)17-8-4-10-20-12-17/h2-4,6,8-10,12,16H,5,7,11,13-14H2,1H3. The summed E-state index contributed by atoms with van der Waals surface area (Å²) in [7, 11) is 0. The molecule has 0 spiro atoms. The van der Waals surface area contributed by atoms with E-state index in [1.54, 1.807) is 18.5 Å². The third-order valence-corrected chi connectivity index (χ3v) is 4.28. The smallest absolute Gasteiger partial charge is 0.255 e. The molecule has 1 aromatic carbocycles. The van der Waals surface area contributed by atoms with Gasteiger partial charge in [-0.3, -0.25) is 9.78 Å². The number of hydrogen-bond donors (Lipinski definition) is 0. The summed E-state index contributed by atoms with van der Waals surface area (Å²) in [5.41, 5.74) is 1.81. The first-order chi connectivity index (χ1) is 11.2. The fourth-order valence-electron chi connectivity index (χ4n) is 2.98. The highest BCUT2D eigenvalue weighted by atomic mass is 16.5. The molecule has 2 aromatic rings. The van der Waals surface area contributed by atoms with Crippen molar-refractivity contribution in [3.05, 3.63) is 59.9 Å². The molecule has 1 saturated heterocycles. The predicted molar refractivity (Wildman–Crippen MR) is 89.5 cm³/mol. The number of nitrogens with zero attached hydrogens (tertiary/aromatic N) is 2. The monoisotopic (exact) mass is 310 g/mol. The average molecular weight is 310 g/mol. The van der Waals surface area contributed by atoms with Crippen LogP contribution in [0.5, 0.6) is 5.75 Å². The Kier molecular flexibility index (Phi) is 4.91. The number of ether oxygens (including phenoxy) is 1. The van der Waals surface area contributed by atoms with Gasteiger partial charge in [0.25, 0.3) is 5.91 Å². The number of amides is 1. The van der Waals surface area contributed by atoms with Gasteiger partial charge in [-0.05, 0) is 43.5 Å². The van der Waals surface area contributed by atoms with Gasteiger partial charge in [0.05, 0.1) is 12.2 Å². The number of aryl methyl sites for hydroxylation is 1. The number of pyridine rings is 1. The van der Waals surface area contributed by atoms with Crippen LogP contribution in [0.25, 0.3) is 0 Å². The van der Waals surface area contributed by atoms with Crippen molar-refractivity contribution in [3.8, 4) is 5.75 Å². The lowest BCUT2D eigenvalue weighted by Gasteiger charge is -2.32. The third-order valence-electron chi connectivity index (χ3n) is 4.28. The summed E-state index contributed by atoms with van der Waals surface area (Å²) in [6.07, 6.45) is 5.44. The van der Waals surface area contributed by atoms with Crippen LogP contribution in [0.3, 0.4) is 0 Å². The number of benzene rings is 1. The molecule has 1 amide bonds.